The Bertz CT molecular complexity index is 437. The van der Waals surface area contributed by atoms with Gasteiger partial charge < -0.3 is 10.6 Å². The number of rotatable bonds is 1. The molecule has 1 aliphatic heterocycles. The number of hydrogen-bond donors (Lipinski definition) is 1. The van der Waals surface area contributed by atoms with Crippen molar-refractivity contribution in [3.63, 3.8) is 0 Å². The lowest BCUT2D eigenvalue weighted by Gasteiger charge is -2.17. The van der Waals surface area contributed by atoms with Crippen LogP contribution in [0.3, 0.4) is 0 Å². The minimum absolute atomic E-state index is 0.131. The SMILES string of the molecule is Cc1ccc(C2=CC(C)N(C(N)=O)O2)cc1. The average molecular weight is 218 g/mol. The molecule has 1 unspecified atom stereocenters. The smallest absolute Gasteiger partial charge is 0.348 e. The third kappa shape index (κ3) is 1.86. The lowest BCUT2D eigenvalue weighted by molar-refractivity contribution is -0.0355. The van der Waals surface area contributed by atoms with Crippen molar-refractivity contribution in [3.05, 3.63) is 41.5 Å². The topological polar surface area (TPSA) is 55.6 Å². The number of carbonyl (C=O) groups is 1. The molecule has 2 rings (SSSR count). The van der Waals surface area contributed by atoms with Gasteiger partial charge in [-0.1, -0.05) is 29.8 Å². The van der Waals surface area contributed by atoms with Crippen LogP contribution in [0.2, 0.25) is 0 Å². The molecule has 0 aromatic heterocycles. The molecule has 2 amide bonds. The first-order valence-electron chi connectivity index (χ1n) is 5.13. The summed E-state index contributed by atoms with van der Waals surface area (Å²) in [5, 5.41) is 1.16. The molecule has 4 nitrogen and oxygen atoms in total. The van der Waals surface area contributed by atoms with E-state index in [4.69, 9.17) is 10.6 Å². The van der Waals surface area contributed by atoms with Gasteiger partial charge in [-0.05, 0) is 19.9 Å². The highest BCUT2D eigenvalue weighted by Gasteiger charge is 2.27. The largest absolute Gasteiger partial charge is 0.374 e. The fraction of sp³-hybridized carbons (Fsp3) is 0.250. The molecule has 0 saturated carbocycles. The summed E-state index contributed by atoms with van der Waals surface area (Å²) in [7, 11) is 0. The van der Waals surface area contributed by atoms with E-state index < -0.39 is 6.03 Å². The third-order valence-electron chi connectivity index (χ3n) is 2.51. The first kappa shape index (κ1) is 10.5. The van der Waals surface area contributed by atoms with Gasteiger partial charge in [0.05, 0.1) is 6.04 Å². The van der Waals surface area contributed by atoms with Crippen molar-refractivity contribution in [2.24, 2.45) is 5.73 Å². The molecule has 0 fully saturated rings. The minimum atomic E-state index is -0.578. The van der Waals surface area contributed by atoms with E-state index in [1.165, 1.54) is 5.56 Å². The Hall–Kier alpha value is -1.97. The maximum absolute atomic E-state index is 11.0. The molecule has 4 heteroatoms. The number of nitrogens with two attached hydrogens (primary N) is 1. The Morgan fingerprint density at radius 3 is 2.50 bits per heavy atom. The van der Waals surface area contributed by atoms with Crippen LogP contribution in [0.5, 0.6) is 0 Å². The summed E-state index contributed by atoms with van der Waals surface area (Å²) in [6, 6.07) is 7.20. The van der Waals surface area contributed by atoms with Gasteiger partial charge in [0.2, 0.25) is 0 Å². The van der Waals surface area contributed by atoms with Crippen molar-refractivity contribution in [1.29, 1.82) is 0 Å². The number of hydrogen-bond acceptors (Lipinski definition) is 2. The highest BCUT2D eigenvalue weighted by Crippen LogP contribution is 2.26. The summed E-state index contributed by atoms with van der Waals surface area (Å²) in [6.07, 6.45) is 1.87. The van der Waals surface area contributed by atoms with E-state index >= 15 is 0 Å². The lowest BCUT2D eigenvalue weighted by atomic mass is 10.1. The predicted octanol–water partition coefficient (Wildman–Crippen LogP) is 2.05. The van der Waals surface area contributed by atoms with Crippen molar-refractivity contribution >= 4 is 11.8 Å². The molecule has 16 heavy (non-hydrogen) atoms. The normalized spacial score (nSPS) is 19.2. The summed E-state index contributed by atoms with van der Waals surface area (Å²) >= 11 is 0. The monoisotopic (exact) mass is 218 g/mol. The van der Waals surface area contributed by atoms with Crippen molar-refractivity contribution in [2.45, 2.75) is 19.9 Å². The van der Waals surface area contributed by atoms with Crippen LogP contribution < -0.4 is 5.73 Å². The maximum atomic E-state index is 11.0. The standard InChI is InChI=1S/C12H14N2O2/c1-8-3-5-10(6-4-8)11-7-9(2)14(16-11)12(13)15/h3-7,9H,1-2H3,(H2,13,15). The van der Waals surface area contributed by atoms with Gasteiger partial charge in [0.15, 0.2) is 5.76 Å². The van der Waals surface area contributed by atoms with E-state index in [0.717, 1.165) is 10.6 Å². The summed E-state index contributed by atoms with van der Waals surface area (Å²) in [4.78, 5) is 16.4. The second kappa shape index (κ2) is 3.89. The fourth-order valence-corrected chi connectivity index (χ4v) is 1.62. The average Bonchev–Trinajstić information content (AvgIpc) is 2.61. The van der Waals surface area contributed by atoms with Crippen LogP contribution in [-0.4, -0.2) is 17.1 Å². The molecule has 0 saturated heterocycles. The Labute approximate surface area is 94.3 Å². The molecule has 2 N–H and O–H groups in total. The molecule has 1 heterocycles. The zero-order chi connectivity index (χ0) is 11.7. The van der Waals surface area contributed by atoms with E-state index in [1.807, 2.05) is 44.2 Å². The van der Waals surface area contributed by atoms with Gasteiger partial charge in [-0.2, -0.15) is 5.06 Å². The minimum Gasteiger partial charge on any atom is -0.374 e. The molecule has 1 aromatic carbocycles. The van der Waals surface area contributed by atoms with Crippen LogP contribution in [0.15, 0.2) is 30.3 Å². The van der Waals surface area contributed by atoms with Gasteiger partial charge in [-0.25, -0.2) is 4.79 Å². The van der Waals surface area contributed by atoms with Crippen molar-refractivity contribution < 1.29 is 9.63 Å². The second-order valence-corrected chi connectivity index (χ2v) is 3.89. The quantitative estimate of drug-likeness (QED) is 0.784. The molecule has 1 aliphatic rings. The highest BCUT2D eigenvalue weighted by molar-refractivity contribution is 5.75. The van der Waals surface area contributed by atoms with E-state index in [-0.39, 0.29) is 6.04 Å². The van der Waals surface area contributed by atoms with E-state index in [9.17, 15) is 4.79 Å². The number of primary amides is 1. The molecule has 0 bridgehead atoms. The van der Waals surface area contributed by atoms with Gasteiger partial charge in [0, 0.05) is 5.56 Å². The summed E-state index contributed by atoms with van der Waals surface area (Å²) in [6.45, 7) is 3.87. The summed E-state index contributed by atoms with van der Waals surface area (Å²) in [5.74, 6) is 0.673. The van der Waals surface area contributed by atoms with Gasteiger partial charge in [0.25, 0.3) is 0 Å². The summed E-state index contributed by atoms with van der Waals surface area (Å²) in [5.41, 5.74) is 7.31. The van der Waals surface area contributed by atoms with Crippen molar-refractivity contribution in [3.8, 4) is 0 Å². The second-order valence-electron chi connectivity index (χ2n) is 3.89. The number of hydroxylamine groups is 2. The molecular formula is C12H14N2O2. The van der Waals surface area contributed by atoms with Gasteiger partial charge in [-0.15, -0.1) is 0 Å². The number of nitrogens with zero attached hydrogens (tertiary/aromatic N) is 1. The van der Waals surface area contributed by atoms with E-state index in [1.54, 1.807) is 0 Å². The number of urea groups is 1. The molecule has 0 spiro atoms. The van der Waals surface area contributed by atoms with E-state index in [0.29, 0.717) is 5.76 Å². The Morgan fingerprint density at radius 2 is 2.00 bits per heavy atom. The van der Waals surface area contributed by atoms with E-state index in [2.05, 4.69) is 0 Å². The number of carbonyl (C=O) groups excluding carboxylic acids is 1. The molecule has 1 aromatic rings. The third-order valence-corrected chi connectivity index (χ3v) is 2.51. The van der Waals surface area contributed by atoms with Crippen LogP contribution in [0, 0.1) is 6.92 Å². The zero-order valence-corrected chi connectivity index (χ0v) is 9.31. The van der Waals surface area contributed by atoms with Gasteiger partial charge in [0.1, 0.15) is 0 Å². The maximum Gasteiger partial charge on any atom is 0.348 e. The molecule has 0 radical (unpaired) electrons. The first-order valence-corrected chi connectivity index (χ1v) is 5.13. The van der Waals surface area contributed by atoms with Crippen LogP contribution in [-0.2, 0) is 4.84 Å². The molecule has 84 valence electrons. The predicted molar refractivity (Wildman–Crippen MR) is 61.1 cm³/mol. The van der Waals surface area contributed by atoms with Gasteiger partial charge >= 0.3 is 6.03 Å². The number of aryl methyl sites for hydroxylation is 1. The van der Waals surface area contributed by atoms with Crippen LogP contribution >= 0.6 is 0 Å². The molecular weight excluding hydrogens is 204 g/mol. The van der Waals surface area contributed by atoms with Crippen molar-refractivity contribution in [1.82, 2.24) is 5.06 Å². The number of benzene rings is 1. The zero-order valence-electron chi connectivity index (χ0n) is 9.31. The first-order chi connectivity index (χ1) is 7.58. The van der Waals surface area contributed by atoms with Crippen molar-refractivity contribution in [2.75, 3.05) is 0 Å². The highest BCUT2D eigenvalue weighted by atomic mass is 16.7. The lowest BCUT2D eigenvalue weighted by Crippen LogP contribution is -2.37. The van der Waals surface area contributed by atoms with Gasteiger partial charge in [-0.3, -0.25) is 0 Å². The van der Waals surface area contributed by atoms with Crippen LogP contribution in [0.4, 0.5) is 4.79 Å². The summed E-state index contributed by atoms with van der Waals surface area (Å²) < 4.78 is 0. The molecule has 0 aliphatic carbocycles. The Balaban J connectivity index is 2.22. The van der Waals surface area contributed by atoms with Crippen LogP contribution in [0.1, 0.15) is 18.1 Å². The fourth-order valence-electron chi connectivity index (χ4n) is 1.62. The Morgan fingerprint density at radius 1 is 1.38 bits per heavy atom. The number of amides is 2. The van der Waals surface area contributed by atoms with Crippen LogP contribution in [0.25, 0.3) is 5.76 Å². The Kier molecular flexibility index (Phi) is 2.56. The molecule has 1 atom stereocenters.